The second kappa shape index (κ2) is 7.54. The molecule has 0 aromatic carbocycles. The summed E-state index contributed by atoms with van der Waals surface area (Å²) in [5.74, 6) is 0. The highest BCUT2D eigenvalue weighted by Crippen LogP contribution is 2.07. The minimum atomic E-state index is 0.929. The van der Waals surface area contributed by atoms with E-state index < -0.39 is 0 Å². The zero-order chi connectivity index (χ0) is 10.1. The molecule has 0 fully saturated rings. The maximum absolute atomic E-state index is 4.03. The summed E-state index contributed by atoms with van der Waals surface area (Å²) >= 11 is 0. The van der Waals surface area contributed by atoms with Crippen LogP contribution in [0.2, 0.25) is 0 Å². The molecule has 0 unspecified atom stereocenters. The first-order chi connectivity index (χ1) is 6.93. The maximum atomic E-state index is 4.03. The van der Waals surface area contributed by atoms with Crippen LogP contribution in [-0.2, 0) is 0 Å². The Morgan fingerprint density at radius 2 is 1.93 bits per heavy atom. The predicted molar refractivity (Wildman–Crippen MR) is 58.9 cm³/mol. The van der Waals surface area contributed by atoms with Gasteiger partial charge in [-0.15, -0.1) is 5.11 Å². The van der Waals surface area contributed by atoms with Crippen LogP contribution in [0, 0.1) is 0 Å². The second-order valence-electron chi connectivity index (χ2n) is 3.77. The van der Waals surface area contributed by atoms with Crippen molar-refractivity contribution in [1.82, 2.24) is 5.01 Å². The molecule has 0 spiro atoms. The van der Waals surface area contributed by atoms with E-state index in [4.69, 9.17) is 0 Å². The molecular weight excluding hydrogens is 174 g/mol. The molecule has 0 aromatic heterocycles. The van der Waals surface area contributed by atoms with Gasteiger partial charge >= 0.3 is 0 Å². The molecule has 0 aliphatic carbocycles. The van der Waals surface area contributed by atoms with Crippen LogP contribution in [0.4, 0.5) is 0 Å². The normalized spacial score (nSPS) is 15.1. The van der Waals surface area contributed by atoms with Gasteiger partial charge in [-0.05, 0) is 12.5 Å². The van der Waals surface area contributed by atoms with E-state index in [0.29, 0.717) is 0 Å². The first-order valence-electron chi connectivity index (χ1n) is 5.74. The highest BCUT2D eigenvalue weighted by Gasteiger charge is 2.00. The first kappa shape index (κ1) is 11.2. The average molecular weight is 195 g/mol. The maximum Gasteiger partial charge on any atom is 0.0576 e. The fourth-order valence-electron chi connectivity index (χ4n) is 1.57. The van der Waals surface area contributed by atoms with Crippen molar-refractivity contribution in [3.63, 3.8) is 0 Å². The Morgan fingerprint density at radius 1 is 1.14 bits per heavy atom. The molecule has 1 aliphatic rings. The number of rotatable bonds is 7. The van der Waals surface area contributed by atoms with E-state index in [2.05, 4.69) is 17.3 Å². The van der Waals surface area contributed by atoms with Crippen molar-refractivity contribution in [3.8, 4) is 0 Å². The molecule has 0 amide bonds. The van der Waals surface area contributed by atoms with Crippen molar-refractivity contribution in [3.05, 3.63) is 12.3 Å². The SMILES string of the molecule is CCCCCCCCN1CC=CN=N1. The molecule has 0 radical (unpaired) electrons. The van der Waals surface area contributed by atoms with Gasteiger partial charge in [0.1, 0.15) is 0 Å². The molecule has 14 heavy (non-hydrogen) atoms. The highest BCUT2D eigenvalue weighted by molar-refractivity contribution is 4.83. The van der Waals surface area contributed by atoms with Gasteiger partial charge in [0.25, 0.3) is 0 Å². The third-order valence-electron chi connectivity index (χ3n) is 2.44. The number of hydrogen-bond acceptors (Lipinski definition) is 3. The lowest BCUT2D eigenvalue weighted by Gasteiger charge is -2.16. The van der Waals surface area contributed by atoms with E-state index in [-0.39, 0.29) is 0 Å². The summed E-state index contributed by atoms with van der Waals surface area (Å²) < 4.78 is 0. The Bertz CT molecular complexity index is 187. The van der Waals surface area contributed by atoms with Crippen LogP contribution in [0.1, 0.15) is 45.4 Å². The molecule has 0 atom stereocenters. The molecule has 1 aliphatic heterocycles. The zero-order valence-electron chi connectivity index (χ0n) is 9.15. The molecule has 80 valence electrons. The van der Waals surface area contributed by atoms with E-state index in [9.17, 15) is 0 Å². The van der Waals surface area contributed by atoms with Gasteiger partial charge in [0, 0.05) is 12.7 Å². The van der Waals surface area contributed by atoms with E-state index in [1.54, 1.807) is 6.20 Å². The van der Waals surface area contributed by atoms with Crippen LogP contribution < -0.4 is 0 Å². The lowest BCUT2D eigenvalue weighted by atomic mass is 10.1. The van der Waals surface area contributed by atoms with E-state index >= 15 is 0 Å². The van der Waals surface area contributed by atoms with Crippen molar-refractivity contribution in [2.24, 2.45) is 10.3 Å². The highest BCUT2D eigenvalue weighted by atomic mass is 15.5. The van der Waals surface area contributed by atoms with Crippen molar-refractivity contribution < 1.29 is 0 Å². The molecule has 1 rings (SSSR count). The van der Waals surface area contributed by atoms with Gasteiger partial charge in [-0.3, -0.25) is 5.01 Å². The minimum Gasteiger partial charge on any atom is -0.275 e. The second-order valence-corrected chi connectivity index (χ2v) is 3.77. The quantitative estimate of drug-likeness (QED) is 0.571. The van der Waals surface area contributed by atoms with Crippen LogP contribution >= 0.6 is 0 Å². The van der Waals surface area contributed by atoms with Gasteiger partial charge in [0.2, 0.25) is 0 Å². The van der Waals surface area contributed by atoms with Gasteiger partial charge in [0.15, 0.2) is 0 Å². The lowest BCUT2D eigenvalue weighted by molar-refractivity contribution is 0.283. The molecule has 1 heterocycles. The summed E-state index contributed by atoms with van der Waals surface area (Å²) in [4.78, 5) is 0. The molecule has 0 saturated heterocycles. The number of hydrogen-bond donors (Lipinski definition) is 0. The first-order valence-corrected chi connectivity index (χ1v) is 5.74. The zero-order valence-corrected chi connectivity index (χ0v) is 9.15. The summed E-state index contributed by atoms with van der Waals surface area (Å²) in [6, 6.07) is 0. The summed E-state index contributed by atoms with van der Waals surface area (Å²) in [5, 5.41) is 9.92. The van der Waals surface area contributed by atoms with Gasteiger partial charge in [-0.1, -0.05) is 44.3 Å². The fourth-order valence-corrected chi connectivity index (χ4v) is 1.57. The topological polar surface area (TPSA) is 28.0 Å². The van der Waals surface area contributed by atoms with E-state index in [0.717, 1.165) is 13.1 Å². The Kier molecular flexibility index (Phi) is 6.04. The fraction of sp³-hybridized carbons (Fsp3) is 0.818. The van der Waals surface area contributed by atoms with Gasteiger partial charge in [-0.2, -0.15) is 0 Å². The van der Waals surface area contributed by atoms with Gasteiger partial charge < -0.3 is 0 Å². The summed E-state index contributed by atoms with van der Waals surface area (Å²) in [6.07, 6.45) is 11.8. The van der Waals surface area contributed by atoms with Crippen LogP contribution in [0.3, 0.4) is 0 Å². The van der Waals surface area contributed by atoms with Gasteiger partial charge in [0.05, 0.1) is 6.54 Å². The van der Waals surface area contributed by atoms with Crippen molar-refractivity contribution >= 4 is 0 Å². The molecule has 0 bridgehead atoms. The summed E-state index contributed by atoms with van der Waals surface area (Å²) in [5.41, 5.74) is 0. The number of nitrogens with zero attached hydrogens (tertiary/aromatic N) is 3. The molecular formula is C11H21N3. The molecule has 0 N–H and O–H groups in total. The Hall–Kier alpha value is -0.860. The van der Waals surface area contributed by atoms with Crippen LogP contribution in [0.15, 0.2) is 22.6 Å². The van der Waals surface area contributed by atoms with Gasteiger partial charge in [-0.25, -0.2) is 0 Å². The largest absolute Gasteiger partial charge is 0.275 e. The molecule has 0 aromatic rings. The minimum absolute atomic E-state index is 0.929. The van der Waals surface area contributed by atoms with E-state index in [1.165, 1.54) is 38.5 Å². The molecule has 3 heteroatoms. The Balaban J connectivity index is 1.88. The summed E-state index contributed by atoms with van der Waals surface area (Å²) in [7, 11) is 0. The third-order valence-corrected chi connectivity index (χ3v) is 2.44. The standard InChI is InChI=1S/C11H21N3/c1-2-3-4-5-6-7-10-14-11-8-9-12-13-14/h8-9H,2-7,10-11H2,1H3. The molecule has 0 saturated carbocycles. The van der Waals surface area contributed by atoms with Crippen molar-refractivity contribution in [2.75, 3.05) is 13.1 Å². The van der Waals surface area contributed by atoms with Crippen molar-refractivity contribution in [2.45, 2.75) is 45.4 Å². The lowest BCUT2D eigenvalue weighted by Crippen LogP contribution is -2.19. The van der Waals surface area contributed by atoms with Crippen molar-refractivity contribution in [1.29, 1.82) is 0 Å². The van der Waals surface area contributed by atoms with Crippen LogP contribution in [-0.4, -0.2) is 18.1 Å². The van der Waals surface area contributed by atoms with Crippen LogP contribution in [0.5, 0.6) is 0 Å². The Morgan fingerprint density at radius 3 is 2.64 bits per heavy atom. The molecule has 3 nitrogen and oxygen atoms in total. The number of unbranched alkanes of at least 4 members (excludes halogenated alkanes) is 5. The predicted octanol–water partition coefficient (Wildman–Crippen LogP) is 3.54. The average Bonchev–Trinajstić information content (AvgIpc) is 2.25. The monoisotopic (exact) mass is 195 g/mol. The van der Waals surface area contributed by atoms with E-state index in [1.807, 2.05) is 11.1 Å². The van der Waals surface area contributed by atoms with Crippen LogP contribution in [0.25, 0.3) is 0 Å². The third kappa shape index (κ3) is 5.00. The summed E-state index contributed by atoms with van der Waals surface area (Å²) in [6.45, 7) is 4.23. The Labute approximate surface area is 86.9 Å². The smallest absolute Gasteiger partial charge is 0.0576 e.